The Morgan fingerprint density at radius 1 is 1.62 bits per heavy atom. The normalized spacial score (nSPS) is 9.31. The standard InChI is InChI=1S/C9H7ClO3/c1-2-9(12)13-8-4-3-6(11)5-7(8)10/h2-5,11H,1H2. The average Bonchev–Trinajstić information content (AvgIpc) is 2.09. The van der Waals surface area contributed by atoms with Gasteiger partial charge in [-0.15, -0.1) is 0 Å². The number of carbonyl (C=O) groups excluding carboxylic acids is 1. The molecule has 0 unspecified atom stereocenters. The van der Waals surface area contributed by atoms with Gasteiger partial charge in [0.1, 0.15) is 11.5 Å². The minimum absolute atomic E-state index is 0.0170. The maximum absolute atomic E-state index is 10.8. The predicted octanol–water partition coefficient (Wildman–Crippen LogP) is 2.14. The second kappa shape index (κ2) is 3.96. The molecule has 0 aliphatic carbocycles. The van der Waals surface area contributed by atoms with E-state index in [1.165, 1.54) is 18.2 Å². The molecule has 0 bridgehead atoms. The molecular weight excluding hydrogens is 192 g/mol. The summed E-state index contributed by atoms with van der Waals surface area (Å²) in [5, 5.41) is 9.16. The number of halogens is 1. The number of phenols is 1. The lowest BCUT2D eigenvalue weighted by Crippen LogP contribution is -2.03. The third-order valence-electron chi connectivity index (χ3n) is 1.29. The van der Waals surface area contributed by atoms with Crippen LogP contribution < -0.4 is 4.74 Å². The summed E-state index contributed by atoms with van der Waals surface area (Å²) in [5.74, 6) is -0.375. The lowest BCUT2D eigenvalue weighted by Gasteiger charge is -2.03. The fourth-order valence-corrected chi connectivity index (χ4v) is 0.936. The average molecular weight is 199 g/mol. The Labute approximate surface area is 80.2 Å². The van der Waals surface area contributed by atoms with Gasteiger partial charge in [-0.3, -0.25) is 0 Å². The molecule has 3 nitrogen and oxygen atoms in total. The first-order valence-electron chi connectivity index (χ1n) is 3.46. The number of aromatic hydroxyl groups is 1. The van der Waals surface area contributed by atoms with E-state index >= 15 is 0 Å². The number of carbonyl (C=O) groups is 1. The van der Waals surface area contributed by atoms with Crippen LogP contribution in [0, 0.1) is 0 Å². The van der Waals surface area contributed by atoms with Gasteiger partial charge in [-0.05, 0) is 12.1 Å². The molecule has 0 aliphatic rings. The summed E-state index contributed by atoms with van der Waals surface area (Å²) < 4.78 is 4.75. The van der Waals surface area contributed by atoms with Crippen molar-refractivity contribution in [1.82, 2.24) is 0 Å². The molecule has 0 amide bonds. The minimum atomic E-state index is -0.590. The third kappa shape index (κ3) is 2.49. The summed E-state index contributed by atoms with van der Waals surface area (Å²) in [6, 6.07) is 4.06. The lowest BCUT2D eigenvalue weighted by molar-refractivity contribution is -0.128. The van der Waals surface area contributed by atoms with Gasteiger partial charge in [0.25, 0.3) is 0 Å². The highest BCUT2D eigenvalue weighted by Crippen LogP contribution is 2.28. The highest BCUT2D eigenvalue weighted by atomic mass is 35.5. The van der Waals surface area contributed by atoms with E-state index in [0.29, 0.717) is 0 Å². The van der Waals surface area contributed by atoms with Crippen molar-refractivity contribution in [2.75, 3.05) is 0 Å². The van der Waals surface area contributed by atoms with Crippen LogP contribution in [-0.4, -0.2) is 11.1 Å². The molecule has 0 saturated carbocycles. The van der Waals surface area contributed by atoms with E-state index in [9.17, 15) is 4.79 Å². The Hall–Kier alpha value is -1.48. The van der Waals surface area contributed by atoms with Gasteiger partial charge in [0.05, 0.1) is 5.02 Å². The van der Waals surface area contributed by atoms with Crippen LogP contribution in [0.3, 0.4) is 0 Å². The summed E-state index contributed by atoms with van der Waals surface area (Å²) in [6.45, 7) is 3.24. The zero-order chi connectivity index (χ0) is 9.84. The number of phenolic OH excluding ortho intramolecular Hbond substituents is 1. The summed E-state index contributed by atoms with van der Waals surface area (Å²) in [4.78, 5) is 10.8. The van der Waals surface area contributed by atoms with Crippen molar-refractivity contribution in [3.63, 3.8) is 0 Å². The molecule has 68 valence electrons. The van der Waals surface area contributed by atoms with Gasteiger partial charge in [0.15, 0.2) is 0 Å². The van der Waals surface area contributed by atoms with Crippen molar-refractivity contribution in [2.45, 2.75) is 0 Å². The smallest absolute Gasteiger partial charge is 0.335 e. The molecule has 0 radical (unpaired) electrons. The van der Waals surface area contributed by atoms with Gasteiger partial charge >= 0.3 is 5.97 Å². The number of rotatable bonds is 2. The van der Waals surface area contributed by atoms with Crippen molar-refractivity contribution < 1.29 is 14.6 Å². The molecule has 0 saturated heterocycles. The number of benzene rings is 1. The first kappa shape index (κ1) is 9.61. The van der Waals surface area contributed by atoms with Gasteiger partial charge in [0.2, 0.25) is 0 Å². The van der Waals surface area contributed by atoms with E-state index in [4.69, 9.17) is 21.4 Å². The molecule has 13 heavy (non-hydrogen) atoms. The number of hydrogen-bond acceptors (Lipinski definition) is 3. The fraction of sp³-hybridized carbons (Fsp3) is 0. The SMILES string of the molecule is C=CC(=O)Oc1ccc(O)cc1Cl. The quantitative estimate of drug-likeness (QED) is 0.450. The molecule has 1 N–H and O–H groups in total. The molecule has 0 spiro atoms. The van der Waals surface area contributed by atoms with Crippen molar-refractivity contribution in [3.8, 4) is 11.5 Å². The highest BCUT2D eigenvalue weighted by Gasteiger charge is 2.05. The van der Waals surface area contributed by atoms with Crippen LogP contribution in [0.1, 0.15) is 0 Å². The van der Waals surface area contributed by atoms with Crippen LogP contribution in [0.4, 0.5) is 0 Å². The van der Waals surface area contributed by atoms with E-state index in [1.54, 1.807) is 0 Å². The molecule has 1 aromatic carbocycles. The Kier molecular flexibility index (Phi) is 2.93. The number of ether oxygens (including phenoxy) is 1. The summed E-state index contributed by atoms with van der Waals surface area (Å²) in [6.07, 6.45) is 1.03. The van der Waals surface area contributed by atoms with Crippen molar-refractivity contribution in [3.05, 3.63) is 35.9 Å². The van der Waals surface area contributed by atoms with Gasteiger partial charge < -0.3 is 9.84 Å². The van der Waals surface area contributed by atoms with Crippen LogP contribution >= 0.6 is 11.6 Å². The molecule has 1 aromatic rings. The monoisotopic (exact) mass is 198 g/mol. The highest BCUT2D eigenvalue weighted by molar-refractivity contribution is 6.32. The van der Waals surface area contributed by atoms with Crippen LogP contribution in [0.2, 0.25) is 5.02 Å². The van der Waals surface area contributed by atoms with E-state index in [2.05, 4.69) is 6.58 Å². The van der Waals surface area contributed by atoms with Crippen molar-refractivity contribution >= 4 is 17.6 Å². The molecule has 0 aliphatic heterocycles. The molecule has 0 atom stereocenters. The Bertz CT molecular complexity index is 347. The zero-order valence-corrected chi connectivity index (χ0v) is 7.41. The molecule has 1 rings (SSSR count). The van der Waals surface area contributed by atoms with Crippen LogP contribution in [-0.2, 0) is 4.79 Å². The molecular formula is C9H7ClO3. The molecule has 0 fully saturated rings. The summed E-state index contributed by atoms with van der Waals surface area (Å²) >= 11 is 5.66. The van der Waals surface area contributed by atoms with Gasteiger partial charge in [-0.25, -0.2) is 4.79 Å². The van der Waals surface area contributed by atoms with Crippen molar-refractivity contribution in [2.24, 2.45) is 0 Å². The first-order valence-corrected chi connectivity index (χ1v) is 3.84. The van der Waals surface area contributed by atoms with Crippen LogP contribution in [0.25, 0.3) is 0 Å². The van der Waals surface area contributed by atoms with Crippen LogP contribution in [0.15, 0.2) is 30.9 Å². The second-order valence-corrected chi connectivity index (χ2v) is 2.65. The van der Waals surface area contributed by atoms with Crippen molar-refractivity contribution in [1.29, 1.82) is 0 Å². The molecule has 0 aromatic heterocycles. The first-order chi connectivity index (χ1) is 6.13. The van der Waals surface area contributed by atoms with Gasteiger partial charge in [-0.2, -0.15) is 0 Å². The Balaban J connectivity index is 2.89. The summed E-state index contributed by atoms with van der Waals surface area (Å²) in [7, 11) is 0. The van der Waals surface area contributed by atoms with E-state index < -0.39 is 5.97 Å². The zero-order valence-electron chi connectivity index (χ0n) is 6.66. The number of esters is 1. The van der Waals surface area contributed by atoms with E-state index in [0.717, 1.165) is 6.08 Å². The van der Waals surface area contributed by atoms with E-state index in [-0.39, 0.29) is 16.5 Å². The van der Waals surface area contributed by atoms with Gasteiger partial charge in [0, 0.05) is 12.1 Å². The molecule has 4 heteroatoms. The Morgan fingerprint density at radius 2 is 2.31 bits per heavy atom. The topological polar surface area (TPSA) is 46.5 Å². The maximum Gasteiger partial charge on any atom is 0.335 e. The minimum Gasteiger partial charge on any atom is -0.508 e. The number of hydrogen-bond donors (Lipinski definition) is 1. The van der Waals surface area contributed by atoms with Gasteiger partial charge in [-0.1, -0.05) is 18.2 Å². The molecule has 0 heterocycles. The largest absolute Gasteiger partial charge is 0.508 e. The Morgan fingerprint density at radius 3 is 2.85 bits per heavy atom. The lowest BCUT2D eigenvalue weighted by atomic mass is 10.3. The summed E-state index contributed by atoms with van der Waals surface area (Å²) in [5.41, 5.74) is 0. The second-order valence-electron chi connectivity index (χ2n) is 2.24. The fourth-order valence-electron chi connectivity index (χ4n) is 0.723. The van der Waals surface area contributed by atoms with E-state index in [1.807, 2.05) is 0 Å². The predicted molar refractivity (Wildman–Crippen MR) is 48.9 cm³/mol. The van der Waals surface area contributed by atoms with Crippen LogP contribution in [0.5, 0.6) is 11.5 Å². The third-order valence-corrected chi connectivity index (χ3v) is 1.59. The maximum atomic E-state index is 10.8.